The van der Waals surface area contributed by atoms with E-state index in [4.69, 9.17) is 0 Å². The molecule has 0 aliphatic heterocycles. The summed E-state index contributed by atoms with van der Waals surface area (Å²) < 4.78 is 1.91. The van der Waals surface area contributed by atoms with Crippen molar-refractivity contribution >= 4 is 0 Å². The summed E-state index contributed by atoms with van der Waals surface area (Å²) in [5.74, 6) is 1.55. The van der Waals surface area contributed by atoms with Gasteiger partial charge in [0, 0.05) is 18.9 Å². The highest BCUT2D eigenvalue weighted by molar-refractivity contribution is 5.01. The van der Waals surface area contributed by atoms with Crippen molar-refractivity contribution in [3.63, 3.8) is 0 Å². The van der Waals surface area contributed by atoms with E-state index in [0.29, 0.717) is 0 Å². The van der Waals surface area contributed by atoms with Crippen LogP contribution in [-0.4, -0.2) is 20.5 Å². The molecule has 3 heteroatoms. The maximum Gasteiger partial charge on any atom is 0.0651 e. The molecule has 0 radical (unpaired) electrons. The number of hydrogen-bond donors (Lipinski definition) is 1. The third-order valence-electron chi connectivity index (χ3n) is 4.91. The fraction of sp³-hybridized carbons (Fsp3) is 0.812. The molecule has 1 aromatic heterocycles. The first-order chi connectivity index (χ1) is 9.00. The van der Waals surface area contributed by atoms with Crippen molar-refractivity contribution in [2.24, 2.45) is 18.9 Å². The highest BCUT2D eigenvalue weighted by atomic mass is 16.3. The summed E-state index contributed by atoms with van der Waals surface area (Å²) in [6.07, 6.45) is 9.20. The molecule has 2 atom stereocenters. The Bertz CT molecular complexity index is 399. The van der Waals surface area contributed by atoms with Gasteiger partial charge in [-0.15, -0.1) is 0 Å². The fourth-order valence-corrected chi connectivity index (χ4v) is 3.34. The van der Waals surface area contributed by atoms with Crippen molar-refractivity contribution in [1.29, 1.82) is 0 Å². The molecule has 2 unspecified atom stereocenters. The van der Waals surface area contributed by atoms with Crippen LogP contribution in [0.3, 0.4) is 0 Å². The van der Waals surface area contributed by atoms with Gasteiger partial charge in [-0.05, 0) is 50.0 Å². The summed E-state index contributed by atoms with van der Waals surface area (Å²) >= 11 is 0. The van der Waals surface area contributed by atoms with Crippen molar-refractivity contribution in [2.75, 3.05) is 0 Å². The van der Waals surface area contributed by atoms with E-state index < -0.39 is 5.60 Å². The molecule has 1 aliphatic carbocycles. The molecule has 2 rings (SSSR count). The van der Waals surface area contributed by atoms with Crippen molar-refractivity contribution < 1.29 is 5.11 Å². The van der Waals surface area contributed by atoms with Crippen molar-refractivity contribution in [1.82, 2.24) is 9.78 Å². The molecule has 1 saturated carbocycles. The van der Waals surface area contributed by atoms with Crippen LogP contribution in [0.1, 0.15) is 58.1 Å². The minimum Gasteiger partial charge on any atom is -0.390 e. The second kappa shape index (κ2) is 6.08. The predicted octanol–water partition coefficient (Wildman–Crippen LogP) is 3.32. The van der Waals surface area contributed by atoms with Gasteiger partial charge in [-0.2, -0.15) is 5.10 Å². The normalized spacial score (nSPS) is 28.6. The van der Waals surface area contributed by atoms with Gasteiger partial charge in [0.15, 0.2) is 0 Å². The highest BCUT2D eigenvalue weighted by Crippen LogP contribution is 2.36. The van der Waals surface area contributed by atoms with Crippen LogP contribution in [0, 0.1) is 11.8 Å². The molecule has 1 aliphatic rings. The van der Waals surface area contributed by atoms with Crippen LogP contribution in [0.4, 0.5) is 0 Å². The maximum atomic E-state index is 10.8. The quantitative estimate of drug-likeness (QED) is 0.847. The second-order valence-electron chi connectivity index (χ2n) is 6.61. The standard InChI is InChI=1S/C16H28N2O/c1-13(2)14-5-4-9-16(19,10-6-14)11-7-15-8-12-17-18(15)3/h8,12-14,19H,4-7,9-11H2,1-3H3. The van der Waals surface area contributed by atoms with Gasteiger partial charge in [0.05, 0.1) is 5.60 Å². The number of aryl methyl sites for hydroxylation is 2. The summed E-state index contributed by atoms with van der Waals surface area (Å²) in [4.78, 5) is 0. The van der Waals surface area contributed by atoms with Crippen LogP contribution in [0.2, 0.25) is 0 Å². The zero-order chi connectivity index (χ0) is 13.9. The van der Waals surface area contributed by atoms with Gasteiger partial charge >= 0.3 is 0 Å². The topological polar surface area (TPSA) is 38.1 Å². The van der Waals surface area contributed by atoms with Crippen LogP contribution in [0.25, 0.3) is 0 Å². The summed E-state index contributed by atoms with van der Waals surface area (Å²) in [7, 11) is 1.97. The van der Waals surface area contributed by atoms with Gasteiger partial charge < -0.3 is 5.11 Å². The lowest BCUT2D eigenvalue weighted by atomic mass is 9.86. The molecule has 0 aromatic carbocycles. The number of rotatable bonds is 4. The largest absolute Gasteiger partial charge is 0.390 e. The summed E-state index contributed by atoms with van der Waals surface area (Å²) in [5.41, 5.74) is 0.770. The van der Waals surface area contributed by atoms with E-state index in [1.54, 1.807) is 0 Å². The van der Waals surface area contributed by atoms with Gasteiger partial charge in [-0.3, -0.25) is 4.68 Å². The lowest BCUT2D eigenvalue weighted by Crippen LogP contribution is -2.29. The number of nitrogens with zero attached hydrogens (tertiary/aromatic N) is 2. The average molecular weight is 264 g/mol. The van der Waals surface area contributed by atoms with Crippen LogP contribution in [0.15, 0.2) is 12.3 Å². The van der Waals surface area contributed by atoms with Crippen LogP contribution in [0.5, 0.6) is 0 Å². The van der Waals surface area contributed by atoms with Crippen LogP contribution in [-0.2, 0) is 13.5 Å². The van der Waals surface area contributed by atoms with Crippen molar-refractivity contribution in [2.45, 2.75) is 64.4 Å². The van der Waals surface area contributed by atoms with Gasteiger partial charge in [-0.1, -0.05) is 26.7 Å². The average Bonchev–Trinajstić information content (AvgIpc) is 2.65. The van der Waals surface area contributed by atoms with Crippen molar-refractivity contribution in [3.8, 4) is 0 Å². The lowest BCUT2D eigenvalue weighted by molar-refractivity contribution is 0.0148. The van der Waals surface area contributed by atoms with Gasteiger partial charge in [-0.25, -0.2) is 0 Å². The van der Waals surface area contributed by atoms with E-state index in [-0.39, 0.29) is 0 Å². The Morgan fingerprint density at radius 3 is 2.84 bits per heavy atom. The van der Waals surface area contributed by atoms with Gasteiger partial charge in [0.2, 0.25) is 0 Å². The monoisotopic (exact) mass is 264 g/mol. The summed E-state index contributed by atoms with van der Waals surface area (Å²) in [5, 5.41) is 15.0. The minimum absolute atomic E-state index is 0.450. The first kappa shape index (κ1) is 14.6. The Kier molecular flexibility index (Phi) is 4.67. The summed E-state index contributed by atoms with van der Waals surface area (Å²) in [6.45, 7) is 4.62. The van der Waals surface area contributed by atoms with E-state index in [0.717, 1.165) is 37.5 Å². The van der Waals surface area contributed by atoms with Crippen LogP contribution < -0.4 is 0 Å². The van der Waals surface area contributed by atoms with E-state index in [1.807, 2.05) is 17.9 Å². The van der Waals surface area contributed by atoms with E-state index in [9.17, 15) is 5.11 Å². The molecule has 1 N–H and O–H groups in total. The zero-order valence-corrected chi connectivity index (χ0v) is 12.6. The zero-order valence-electron chi connectivity index (χ0n) is 12.6. The number of aromatic nitrogens is 2. The highest BCUT2D eigenvalue weighted by Gasteiger charge is 2.31. The molecule has 0 spiro atoms. The Morgan fingerprint density at radius 2 is 2.21 bits per heavy atom. The molecule has 1 heterocycles. The molecule has 0 amide bonds. The minimum atomic E-state index is -0.450. The third kappa shape index (κ3) is 3.82. The van der Waals surface area contributed by atoms with E-state index in [2.05, 4.69) is 25.0 Å². The summed E-state index contributed by atoms with van der Waals surface area (Å²) in [6, 6.07) is 2.05. The Morgan fingerprint density at radius 1 is 1.42 bits per heavy atom. The first-order valence-electron chi connectivity index (χ1n) is 7.69. The SMILES string of the molecule is CC(C)C1CCCC(O)(CCc2ccnn2C)CC1. The first-order valence-corrected chi connectivity index (χ1v) is 7.69. The smallest absolute Gasteiger partial charge is 0.0651 e. The molecular formula is C16H28N2O. The molecule has 0 saturated heterocycles. The second-order valence-corrected chi connectivity index (χ2v) is 6.61. The lowest BCUT2D eigenvalue weighted by Gasteiger charge is -2.27. The number of aliphatic hydroxyl groups is 1. The molecule has 0 bridgehead atoms. The predicted molar refractivity (Wildman–Crippen MR) is 77.9 cm³/mol. The Hall–Kier alpha value is -0.830. The van der Waals surface area contributed by atoms with E-state index in [1.165, 1.54) is 25.0 Å². The third-order valence-corrected chi connectivity index (χ3v) is 4.91. The Balaban J connectivity index is 1.90. The molecule has 108 valence electrons. The molecule has 1 aromatic rings. The van der Waals surface area contributed by atoms with Gasteiger partial charge in [0.25, 0.3) is 0 Å². The molecule has 19 heavy (non-hydrogen) atoms. The maximum absolute atomic E-state index is 10.8. The Labute approximate surface area is 117 Å². The fourth-order valence-electron chi connectivity index (χ4n) is 3.34. The number of hydrogen-bond acceptors (Lipinski definition) is 2. The van der Waals surface area contributed by atoms with E-state index >= 15 is 0 Å². The molecule has 3 nitrogen and oxygen atoms in total. The van der Waals surface area contributed by atoms with Crippen molar-refractivity contribution in [3.05, 3.63) is 18.0 Å². The van der Waals surface area contributed by atoms with Crippen LogP contribution >= 0.6 is 0 Å². The molecular weight excluding hydrogens is 236 g/mol. The van der Waals surface area contributed by atoms with Gasteiger partial charge in [0.1, 0.15) is 0 Å². The molecule has 1 fully saturated rings.